The van der Waals surface area contributed by atoms with Crippen LogP contribution in [0.3, 0.4) is 0 Å². The minimum absolute atomic E-state index is 0. The summed E-state index contributed by atoms with van der Waals surface area (Å²) in [6.45, 7) is 0.883. The van der Waals surface area contributed by atoms with E-state index in [0.717, 1.165) is 12.4 Å². The summed E-state index contributed by atoms with van der Waals surface area (Å²) in [4.78, 5) is 0. The van der Waals surface area contributed by atoms with Gasteiger partial charge in [-0.2, -0.15) is 0 Å². The van der Waals surface area contributed by atoms with Crippen molar-refractivity contribution in [1.29, 1.82) is 0 Å². The number of hydrogen-bond acceptors (Lipinski definition) is 1. The summed E-state index contributed by atoms with van der Waals surface area (Å²) in [6.07, 6.45) is 4.91. The highest BCUT2D eigenvalue weighted by molar-refractivity contribution is 5.90. The Hall–Kier alpha value is -1.61. The molecular formula is C19H21BrN2. The van der Waals surface area contributed by atoms with Gasteiger partial charge in [-0.1, -0.05) is 55.3 Å². The summed E-state index contributed by atoms with van der Waals surface area (Å²) in [5.41, 5.74) is 10.9. The topological polar surface area (TPSA) is 29.0 Å². The molecule has 0 amide bonds. The maximum Gasteiger partial charge on any atom is 0.258 e. The van der Waals surface area contributed by atoms with Gasteiger partial charge < -0.3 is 17.0 Å². The number of para-hydroxylation sites is 1. The number of amidine groups is 1. The third-order valence-electron chi connectivity index (χ3n) is 5.17. The Morgan fingerprint density at radius 3 is 2.23 bits per heavy atom. The summed E-state index contributed by atoms with van der Waals surface area (Å²) >= 11 is 0. The van der Waals surface area contributed by atoms with Gasteiger partial charge >= 0.3 is 0 Å². The number of benzene rings is 2. The molecule has 2 nitrogen and oxygen atoms in total. The highest BCUT2D eigenvalue weighted by atomic mass is 79.9. The molecule has 2 aromatic rings. The second-order valence-corrected chi connectivity index (χ2v) is 6.25. The Balaban J connectivity index is 0.00000144. The molecule has 22 heavy (non-hydrogen) atoms. The first kappa shape index (κ1) is 15.3. The van der Waals surface area contributed by atoms with E-state index in [-0.39, 0.29) is 22.4 Å². The molecule has 1 aliphatic carbocycles. The average Bonchev–Trinajstić information content (AvgIpc) is 3.03. The van der Waals surface area contributed by atoms with Crippen molar-refractivity contribution in [2.24, 2.45) is 5.73 Å². The lowest BCUT2D eigenvalue weighted by Crippen LogP contribution is -3.00. The van der Waals surface area contributed by atoms with Crippen molar-refractivity contribution in [1.82, 2.24) is 0 Å². The first-order chi connectivity index (χ1) is 10.3. The van der Waals surface area contributed by atoms with Crippen LogP contribution >= 0.6 is 0 Å². The standard InChI is InChI=1S/C19H20N2.BrH/c20-18-19(12-6-7-13-19)17-11-5-4-8-15(17)14-21(18)16-9-2-1-3-10-16;/h1-5,8-11,20H,6-7,12-14H2;1H. The summed E-state index contributed by atoms with van der Waals surface area (Å²) in [5.74, 6) is 1.05. The summed E-state index contributed by atoms with van der Waals surface area (Å²) in [6, 6.07) is 19.4. The largest absolute Gasteiger partial charge is 1.00 e. The Labute approximate surface area is 142 Å². The van der Waals surface area contributed by atoms with Crippen molar-refractivity contribution in [3.05, 3.63) is 65.7 Å². The number of nitrogens with two attached hydrogens (primary N) is 1. The normalized spacial score (nSPS) is 18.9. The zero-order chi connectivity index (χ0) is 14.3. The molecule has 0 saturated heterocycles. The van der Waals surface area contributed by atoms with Gasteiger partial charge in [-0.15, -0.1) is 0 Å². The van der Waals surface area contributed by atoms with Crippen LogP contribution in [0.2, 0.25) is 0 Å². The number of hydrogen-bond donors (Lipinski definition) is 1. The van der Waals surface area contributed by atoms with E-state index in [2.05, 4.69) is 59.2 Å². The van der Waals surface area contributed by atoms with E-state index in [0.29, 0.717) is 0 Å². The highest BCUT2D eigenvalue weighted by Gasteiger charge is 2.48. The third kappa shape index (κ3) is 2.19. The molecular weight excluding hydrogens is 336 g/mol. The molecule has 1 heterocycles. The van der Waals surface area contributed by atoms with Crippen LogP contribution < -0.4 is 22.7 Å². The van der Waals surface area contributed by atoms with Crippen LogP contribution in [-0.4, -0.2) is 10.4 Å². The lowest BCUT2D eigenvalue weighted by atomic mass is 9.73. The van der Waals surface area contributed by atoms with Crippen LogP contribution in [0.4, 0.5) is 5.69 Å². The molecule has 2 aromatic carbocycles. The molecule has 0 atom stereocenters. The van der Waals surface area contributed by atoms with Crippen molar-refractivity contribution in [3.63, 3.8) is 0 Å². The predicted molar refractivity (Wildman–Crippen MR) is 85.8 cm³/mol. The van der Waals surface area contributed by atoms with Crippen LogP contribution in [-0.2, 0) is 12.0 Å². The number of rotatable bonds is 1. The Morgan fingerprint density at radius 2 is 1.50 bits per heavy atom. The molecule has 2 N–H and O–H groups in total. The van der Waals surface area contributed by atoms with E-state index in [9.17, 15) is 0 Å². The van der Waals surface area contributed by atoms with E-state index >= 15 is 0 Å². The van der Waals surface area contributed by atoms with Gasteiger partial charge in [-0.05, 0) is 36.1 Å². The molecule has 0 aromatic heterocycles. The fourth-order valence-corrected chi connectivity index (χ4v) is 4.12. The Bertz CT molecular complexity index is 700. The van der Waals surface area contributed by atoms with Crippen molar-refractivity contribution in [3.8, 4) is 0 Å². The summed E-state index contributed by atoms with van der Waals surface area (Å²) < 4.78 is 2.31. The molecule has 2 aliphatic rings. The van der Waals surface area contributed by atoms with Gasteiger partial charge in [0.1, 0.15) is 12.2 Å². The number of halogens is 1. The Morgan fingerprint density at radius 1 is 0.864 bits per heavy atom. The minimum atomic E-state index is 0. The molecule has 1 spiro atoms. The molecule has 0 radical (unpaired) electrons. The molecule has 4 rings (SSSR count). The number of nitrogens with zero attached hydrogens (tertiary/aromatic N) is 1. The van der Waals surface area contributed by atoms with E-state index in [1.54, 1.807) is 0 Å². The monoisotopic (exact) mass is 356 g/mol. The van der Waals surface area contributed by atoms with Crippen LogP contribution in [0.5, 0.6) is 0 Å². The fourth-order valence-electron chi connectivity index (χ4n) is 4.12. The second kappa shape index (κ2) is 5.88. The van der Waals surface area contributed by atoms with Crippen molar-refractivity contribution < 1.29 is 21.6 Å². The van der Waals surface area contributed by atoms with Crippen molar-refractivity contribution >= 4 is 11.5 Å². The van der Waals surface area contributed by atoms with Gasteiger partial charge in [0, 0.05) is 0 Å². The summed E-state index contributed by atoms with van der Waals surface area (Å²) in [5, 5.41) is 0. The molecule has 0 bridgehead atoms. The minimum Gasteiger partial charge on any atom is -1.00 e. The van der Waals surface area contributed by atoms with Crippen LogP contribution in [0.1, 0.15) is 36.8 Å². The lowest BCUT2D eigenvalue weighted by Gasteiger charge is -2.33. The zero-order valence-corrected chi connectivity index (χ0v) is 14.2. The van der Waals surface area contributed by atoms with Crippen LogP contribution in [0, 0.1) is 0 Å². The quantitative estimate of drug-likeness (QED) is 0.749. The van der Waals surface area contributed by atoms with E-state index in [1.807, 2.05) is 0 Å². The van der Waals surface area contributed by atoms with Gasteiger partial charge in [0.2, 0.25) is 0 Å². The molecule has 0 unspecified atom stereocenters. The molecule has 3 heteroatoms. The van der Waals surface area contributed by atoms with E-state index in [4.69, 9.17) is 5.73 Å². The first-order valence-corrected chi connectivity index (χ1v) is 7.85. The van der Waals surface area contributed by atoms with Gasteiger partial charge in [-0.25, -0.2) is 4.58 Å². The van der Waals surface area contributed by atoms with E-state index < -0.39 is 0 Å². The fraction of sp³-hybridized carbons (Fsp3) is 0.316. The molecule has 114 valence electrons. The second-order valence-electron chi connectivity index (χ2n) is 6.25. The van der Waals surface area contributed by atoms with E-state index in [1.165, 1.54) is 42.5 Å². The third-order valence-corrected chi connectivity index (χ3v) is 5.17. The highest BCUT2D eigenvalue weighted by Crippen LogP contribution is 2.45. The van der Waals surface area contributed by atoms with Crippen molar-refractivity contribution in [2.75, 3.05) is 0 Å². The summed E-state index contributed by atoms with van der Waals surface area (Å²) in [7, 11) is 0. The Kier molecular flexibility index (Phi) is 4.09. The molecule has 1 aliphatic heterocycles. The van der Waals surface area contributed by atoms with Crippen molar-refractivity contribution in [2.45, 2.75) is 37.6 Å². The maximum absolute atomic E-state index is 6.71. The number of fused-ring (bicyclic) bond motifs is 2. The van der Waals surface area contributed by atoms with Crippen LogP contribution in [0.25, 0.3) is 0 Å². The van der Waals surface area contributed by atoms with Gasteiger partial charge in [0.25, 0.3) is 5.84 Å². The molecule has 1 saturated carbocycles. The SMILES string of the molecule is NC1=[N+](c2ccccc2)Cc2ccccc2C12CCCC2.[Br-]. The lowest BCUT2D eigenvalue weighted by molar-refractivity contribution is -0.465. The van der Waals surface area contributed by atoms with Gasteiger partial charge in [0.05, 0.1) is 5.41 Å². The smallest absolute Gasteiger partial charge is 0.258 e. The predicted octanol–water partition coefficient (Wildman–Crippen LogP) is 0.717. The van der Waals surface area contributed by atoms with Gasteiger partial charge in [0.15, 0.2) is 0 Å². The average molecular weight is 357 g/mol. The maximum atomic E-state index is 6.71. The van der Waals surface area contributed by atoms with Gasteiger partial charge in [-0.3, -0.25) is 5.73 Å². The zero-order valence-electron chi connectivity index (χ0n) is 12.6. The van der Waals surface area contributed by atoms with Crippen LogP contribution in [0.15, 0.2) is 54.6 Å². The first-order valence-electron chi connectivity index (χ1n) is 7.85. The molecule has 1 fully saturated rings.